The first-order valence-corrected chi connectivity index (χ1v) is 8.75. The van der Waals surface area contributed by atoms with E-state index in [0.29, 0.717) is 11.9 Å². The van der Waals surface area contributed by atoms with Gasteiger partial charge in [0.1, 0.15) is 0 Å². The van der Waals surface area contributed by atoms with Crippen LogP contribution in [0.15, 0.2) is 0 Å². The molecule has 0 aromatic rings. The molecular weight excluding hydrogens is 284 g/mol. The standard InChI is InChI=1S/C17H28N2O.ClH/c20-16(19-5-3-15-2-1-4-18-15)17-9-12-6-13(10-17)8-14(7-12)11-17;/h12-15,18H,1-11H2,(H,19,20);1H/t12?,13?,14?,15-,17?;/m1./s1. The van der Waals surface area contributed by atoms with Gasteiger partial charge in [0.15, 0.2) is 0 Å². The number of hydrogen-bond acceptors (Lipinski definition) is 2. The molecule has 4 bridgehead atoms. The van der Waals surface area contributed by atoms with Gasteiger partial charge in [-0.1, -0.05) is 0 Å². The van der Waals surface area contributed by atoms with E-state index in [4.69, 9.17) is 0 Å². The van der Waals surface area contributed by atoms with Crippen LogP contribution in [0.3, 0.4) is 0 Å². The van der Waals surface area contributed by atoms with Crippen LogP contribution < -0.4 is 10.6 Å². The molecule has 1 amide bonds. The molecule has 0 unspecified atom stereocenters. The fourth-order valence-electron chi connectivity index (χ4n) is 5.94. The fourth-order valence-corrected chi connectivity index (χ4v) is 5.94. The number of rotatable bonds is 4. The number of carbonyl (C=O) groups excluding carboxylic acids is 1. The zero-order valence-electron chi connectivity index (χ0n) is 12.9. The highest BCUT2D eigenvalue weighted by Crippen LogP contribution is 2.60. The molecule has 3 nitrogen and oxygen atoms in total. The van der Waals surface area contributed by atoms with Crippen LogP contribution in [0.1, 0.15) is 57.8 Å². The van der Waals surface area contributed by atoms with Crippen molar-refractivity contribution in [2.24, 2.45) is 23.2 Å². The van der Waals surface area contributed by atoms with Crippen LogP contribution in [0.5, 0.6) is 0 Å². The predicted octanol–water partition coefficient (Wildman–Crippen LogP) is 2.88. The van der Waals surface area contributed by atoms with E-state index >= 15 is 0 Å². The summed E-state index contributed by atoms with van der Waals surface area (Å²) in [7, 11) is 0. The second kappa shape index (κ2) is 6.08. The van der Waals surface area contributed by atoms with E-state index < -0.39 is 0 Å². The lowest BCUT2D eigenvalue weighted by molar-refractivity contribution is -0.146. The van der Waals surface area contributed by atoms with Gasteiger partial charge in [0, 0.05) is 18.0 Å². The van der Waals surface area contributed by atoms with Gasteiger partial charge in [0.2, 0.25) is 5.91 Å². The highest BCUT2D eigenvalue weighted by molar-refractivity contribution is 5.85. The van der Waals surface area contributed by atoms with Crippen LogP contribution in [-0.4, -0.2) is 25.0 Å². The topological polar surface area (TPSA) is 41.1 Å². The summed E-state index contributed by atoms with van der Waals surface area (Å²) in [5.41, 5.74) is 0.0395. The molecule has 5 aliphatic rings. The molecule has 1 heterocycles. The third kappa shape index (κ3) is 2.96. The summed E-state index contributed by atoms with van der Waals surface area (Å²) in [4.78, 5) is 12.7. The Hall–Kier alpha value is -0.280. The molecule has 4 heteroatoms. The highest BCUT2D eigenvalue weighted by Gasteiger charge is 2.54. The molecule has 1 atom stereocenters. The van der Waals surface area contributed by atoms with Crippen molar-refractivity contribution in [3.8, 4) is 0 Å². The second-order valence-corrected chi connectivity index (χ2v) is 8.04. The Morgan fingerprint density at radius 1 is 1.10 bits per heavy atom. The Bertz CT molecular complexity index is 357. The van der Waals surface area contributed by atoms with Gasteiger partial charge in [-0.25, -0.2) is 0 Å². The van der Waals surface area contributed by atoms with E-state index in [1.807, 2.05) is 0 Å². The van der Waals surface area contributed by atoms with Gasteiger partial charge in [-0.05, 0) is 82.1 Å². The molecule has 21 heavy (non-hydrogen) atoms. The molecule has 1 aliphatic heterocycles. The van der Waals surface area contributed by atoms with Crippen LogP contribution >= 0.6 is 12.4 Å². The van der Waals surface area contributed by atoms with Gasteiger partial charge in [0.25, 0.3) is 0 Å². The van der Waals surface area contributed by atoms with Crippen LogP contribution in [-0.2, 0) is 4.79 Å². The van der Waals surface area contributed by atoms with E-state index in [2.05, 4.69) is 10.6 Å². The Kier molecular flexibility index (Phi) is 4.52. The van der Waals surface area contributed by atoms with Gasteiger partial charge >= 0.3 is 0 Å². The summed E-state index contributed by atoms with van der Waals surface area (Å²) >= 11 is 0. The van der Waals surface area contributed by atoms with Crippen LogP contribution in [0, 0.1) is 23.2 Å². The summed E-state index contributed by atoms with van der Waals surface area (Å²) in [6.07, 6.45) is 11.5. The summed E-state index contributed by atoms with van der Waals surface area (Å²) in [5.74, 6) is 2.99. The minimum atomic E-state index is 0. The fraction of sp³-hybridized carbons (Fsp3) is 0.941. The molecule has 0 spiro atoms. The minimum absolute atomic E-state index is 0. The monoisotopic (exact) mass is 312 g/mol. The Balaban J connectivity index is 0.00000132. The van der Waals surface area contributed by atoms with Crippen molar-refractivity contribution >= 4 is 18.3 Å². The zero-order valence-corrected chi connectivity index (χ0v) is 13.7. The minimum Gasteiger partial charge on any atom is -0.356 e. The van der Waals surface area contributed by atoms with Crippen molar-refractivity contribution in [3.63, 3.8) is 0 Å². The molecule has 4 aliphatic carbocycles. The number of halogens is 1. The van der Waals surface area contributed by atoms with E-state index in [-0.39, 0.29) is 17.8 Å². The number of carbonyl (C=O) groups is 1. The van der Waals surface area contributed by atoms with Crippen molar-refractivity contribution in [2.75, 3.05) is 13.1 Å². The van der Waals surface area contributed by atoms with Gasteiger partial charge in [0.05, 0.1) is 0 Å². The normalized spacial score (nSPS) is 43.6. The van der Waals surface area contributed by atoms with Crippen LogP contribution in [0.4, 0.5) is 0 Å². The lowest BCUT2D eigenvalue weighted by Crippen LogP contribution is -2.53. The zero-order chi connectivity index (χ0) is 13.6. The van der Waals surface area contributed by atoms with E-state index in [9.17, 15) is 4.79 Å². The quantitative estimate of drug-likeness (QED) is 0.838. The lowest BCUT2D eigenvalue weighted by atomic mass is 9.49. The van der Waals surface area contributed by atoms with Crippen LogP contribution in [0.25, 0.3) is 0 Å². The summed E-state index contributed by atoms with van der Waals surface area (Å²) in [6, 6.07) is 0.645. The average molecular weight is 313 g/mol. The molecular formula is C17H29ClN2O. The number of nitrogens with one attached hydrogen (secondary N) is 2. The van der Waals surface area contributed by atoms with Gasteiger partial charge in [-0.15, -0.1) is 12.4 Å². The molecule has 0 radical (unpaired) electrons. The third-order valence-electron chi connectivity index (χ3n) is 6.46. The molecule has 1 saturated heterocycles. The summed E-state index contributed by atoms with van der Waals surface area (Å²) in [6.45, 7) is 2.03. The Labute approximate surface area is 134 Å². The van der Waals surface area contributed by atoms with E-state index in [0.717, 1.165) is 37.3 Å². The van der Waals surface area contributed by atoms with Gasteiger partial charge < -0.3 is 10.6 Å². The molecule has 5 fully saturated rings. The van der Waals surface area contributed by atoms with Crippen molar-refractivity contribution in [1.82, 2.24) is 10.6 Å². The molecule has 0 aromatic carbocycles. The maximum absolute atomic E-state index is 12.7. The van der Waals surface area contributed by atoms with Crippen molar-refractivity contribution in [3.05, 3.63) is 0 Å². The SMILES string of the molecule is Cl.O=C(NCC[C@H]1CCCN1)C12CC3CC(CC(C3)C1)C2. The first-order chi connectivity index (χ1) is 9.73. The molecule has 0 aromatic heterocycles. The van der Waals surface area contributed by atoms with Crippen LogP contribution in [0.2, 0.25) is 0 Å². The summed E-state index contributed by atoms with van der Waals surface area (Å²) in [5, 5.41) is 6.80. The largest absolute Gasteiger partial charge is 0.356 e. The maximum atomic E-state index is 12.7. The Morgan fingerprint density at radius 2 is 1.71 bits per heavy atom. The first-order valence-electron chi connectivity index (χ1n) is 8.75. The second-order valence-electron chi connectivity index (χ2n) is 8.04. The summed E-state index contributed by atoms with van der Waals surface area (Å²) < 4.78 is 0. The number of amides is 1. The Morgan fingerprint density at radius 3 is 2.24 bits per heavy atom. The van der Waals surface area contributed by atoms with E-state index in [1.165, 1.54) is 51.4 Å². The molecule has 2 N–H and O–H groups in total. The van der Waals surface area contributed by atoms with Crippen molar-refractivity contribution in [2.45, 2.75) is 63.8 Å². The van der Waals surface area contributed by atoms with Gasteiger partial charge in [-0.3, -0.25) is 4.79 Å². The lowest BCUT2D eigenvalue weighted by Gasteiger charge is -2.55. The van der Waals surface area contributed by atoms with E-state index in [1.54, 1.807) is 0 Å². The smallest absolute Gasteiger partial charge is 0.226 e. The van der Waals surface area contributed by atoms with Gasteiger partial charge in [-0.2, -0.15) is 0 Å². The number of hydrogen-bond donors (Lipinski definition) is 2. The van der Waals surface area contributed by atoms with Crippen molar-refractivity contribution < 1.29 is 4.79 Å². The molecule has 4 saturated carbocycles. The van der Waals surface area contributed by atoms with Crippen molar-refractivity contribution in [1.29, 1.82) is 0 Å². The molecule has 5 rings (SSSR count). The molecule has 120 valence electrons. The predicted molar refractivity (Wildman–Crippen MR) is 86.5 cm³/mol. The third-order valence-corrected chi connectivity index (χ3v) is 6.46. The first kappa shape index (κ1) is 15.6. The maximum Gasteiger partial charge on any atom is 0.226 e. The average Bonchev–Trinajstić information content (AvgIpc) is 2.90. The highest BCUT2D eigenvalue weighted by atomic mass is 35.5.